The quantitative estimate of drug-likeness (QED) is 0.766. The first-order chi connectivity index (χ1) is 6.29. The van der Waals surface area contributed by atoms with Gasteiger partial charge in [0.05, 0.1) is 12.3 Å². The molecule has 1 aromatic heterocycles. The molecule has 5 heteroatoms. The van der Waals surface area contributed by atoms with E-state index in [-0.39, 0.29) is 6.61 Å². The smallest absolute Gasteiger partial charge is 0.148 e. The molecule has 2 N–H and O–H groups in total. The largest absolute Gasteiger partial charge is 0.395 e. The van der Waals surface area contributed by atoms with Gasteiger partial charge in [0, 0.05) is 6.54 Å². The fourth-order valence-corrected chi connectivity index (χ4v) is 1.25. The van der Waals surface area contributed by atoms with Gasteiger partial charge in [0.25, 0.3) is 0 Å². The van der Waals surface area contributed by atoms with Crippen LogP contribution in [0.1, 0.15) is 12.6 Å². The minimum absolute atomic E-state index is 0.0573. The molecule has 0 fully saturated rings. The predicted molar refractivity (Wildman–Crippen MR) is 52.0 cm³/mol. The number of aliphatic hydroxyl groups excluding tert-OH is 1. The van der Waals surface area contributed by atoms with E-state index in [1.54, 1.807) is 0 Å². The van der Waals surface area contributed by atoms with Gasteiger partial charge < -0.3 is 10.4 Å². The molecule has 0 spiro atoms. The molecule has 1 aromatic rings. The van der Waals surface area contributed by atoms with Crippen LogP contribution in [0.4, 0.5) is 5.82 Å². The second-order valence-electron chi connectivity index (χ2n) is 2.49. The van der Waals surface area contributed by atoms with Crippen molar-refractivity contribution in [3.63, 3.8) is 0 Å². The Balaban J connectivity index is 2.81. The molecule has 0 saturated carbocycles. The highest BCUT2D eigenvalue weighted by atomic mass is 35.5. The van der Waals surface area contributed by atoms with Crippen LogP contribution >= 0.6 is 11.6 Å². The highest BCUT2D eigenvalue weighted by Crippen LogP contribution is 2.21. The third kappa shape index (κ3) is 2.54. The SMILES string of the molecule is CCc1ncnc(NCCO)c1Cl. The van der Waals surface area contributed by atoms with E-state index in [9.17, 15) is 0 Å². The molecule has 0 bridgehead atoms. The third-order valence-corrected chi connectivity index (χ3v) is 2.00. The van der Waals surface area contributed by atoms with E-state index >= 15 is 0 Å². The lowest BCUT2D eigenvalue weighted by Crippen LogP contribution is -2.08. The lowest BCUT2D eigenvalue weighted by atomic mass is 10.3. The van der Waals surface area contributed by atoms with Crippen molar-refractivity contribution >= 4 is 17.4 Å². The molecule has 0 atom stereocenters. The molecule has 0 aromatic carbocycles. The molecule has 13 heavy (non-hydrogen) atoms. The predicted octanol–water partition coefficient (Wildman–Crippen LogP) is 1.10. The molecule has 0 saturated heterocycles. The summed E-state index contributed by atoms with van der Waals surface area (Å²) in [7, 11) is 0. The first-order valence-electron chi connectivity index (χ1n) is 4.13. The second kappa shape index (κ2) is 4.99. The molecule has 4 nitrogen and oxygen atoms in total. The Morgan fingerprint density at radius 2 is 2.31 bits per heavy atom. The summed E-state index contributed by atoms with van der Waals surface area (Å²) in [6.45, 7) is 2.48. The summed E-state index contributed by atoms with van der Waals surface area (Å²) in [4.78, 5) is 7.98. The van der Waals surface area contributed by atoms with E-state index in [0.29, 0.717) is 17.4 Å². The van der Waals surface area contributed by atoms with Gasteiger partial charge in [-0.15, -0.1) is 0 Å². The van der Waals surface area contributed by atoms with Crippen LogP contribution in [-0.4, -0.2) is 28.2 Å². The molecular formula is C8H12ClN3O. The maximum Gasteiger partial charge on any atom is 0.148 e. The topological polar surface area (TPSA) is 58.0 Å². The first kappa shape index (κ1) is 10.2. The number of aryl methyl sites for hydroxylation is 1. The highest BCUT2D eigenvalue weighted by Gasteiger charge is 2.05. The second-order valence-corrected chi connectivity index (χ2v) is 2.86. The van der Waals surface area contributed by atoms with Gasteiger partial charge in [-0.05, 0) is 6.42 Å². The van der Waals surface area contributed by atoms with Crippen molar-refractivity contribution in [2.24, 2.45) is 0 Å². The Morgan fingerprint density at radius 1 is 1.54 bits per heavy atom. The molecule has 0 unspecified atom stereocenters. The summed E-state index contributed by atoms with van der Waals surface area (Å²) in [5.74, 6) is 0.586. The molecule has 1 rings (SSSR count). The number of hydrogen-bond acceptors (Lipinski definition) is 4. The van der Waals surface area contributed by atoms with Crippen molar-refractivity contribution in [1.29, 1.82) is 0 Å². The zero-order valence-electron chi connectivity index (χ0n) is 7.42. The number of nitrogens with zero attached hydrogens (tertiary/aromatic N) is 2. The van der Waals surface area contributed by atoms with Gasteiger partial charge in [-0.3, -0.25) is 0 Å². The fourth-order valence-electron chi connectivity index (χ4n) is 0.950. The fraction of sp³-hybridized carbons (Fsp3) is 0.500. The van der Waals surface area contributed by atoms with Crippen molar-refractivity contribution in [3.05, 3.63) is 17.0 Å². The molecule has 72 valence electrons. The zero-order chi connectivity index (χ0) is 9.68. The minimum atomic E-state index is 0.0573. The number of anilines is 1. The van der Waals surface area contributed by atoms with E-state index < -0.39 is 0 Å². The van der Waals surface area contributed by atoms with E-state index in [1.165, 1.54) is 6.33 Å². The summed E-state index contributed by atoms with van der Waals surface area (Å²) in [6, 6.07) is 0. The first-order valence-corrected chi connectivity index (χ1v) is 4.51. The van der Waals surface area contributed by atoms with Crippen molar-refractivity contribution < 1.29 is 5.11 Å². The number of aliphatic hydroxyl groups is 1. The Labute approximate surface area is 82.0 Å². The summed E-state index contributed by atoms with van der Waals surface area (Å²) in [5.41, 5.74) is 0.817. The normalized spacial score (nSPS) is 10.1. The molecule has 0 amide bonds. The maximum atomic E-state index is 8.60. The minimum Gasteiger partial charge on any atom is -0.395 e. The van der Waals surface area contributed by atoms with Gasteiger partial charge in [-0.1, -0.05) is 18.5 Å². The lowest BCUT2D eigenvalue weighted by Gasteiger charge is -2.07. The van der Waals surface area contributed by atoms with Gasteiger partial charge in [0.2, 0.25) is 0 Å². The number of nitrogens with one attached hydrogen (secondary N) is 1. The summed E-state index contributed by atoms with van der Waals surface area (Å²) < 4.78 is 0. The number of hydrogen-bond donors (Lipinski definition) is 2. The van der Waals surface area contributed by atoms with E-state index in [1.807, 2.05) is 6.92 Å². The molecule has 0 radical (unpaired) electrons. The van der Waals surface area contributed by atoms with E-state index in [0.717, 1.165) is 12.1 Å². The molecule has 0 aliphatic rings. The average molecular weight is 202 g/mol. The van der Waals surface area contributed by atoms with Gasteiger partial charge in [0.1, 0.15) is 17.2 Å². The van der Waals surface area contributed by atoms with Crippen LogP contribution < -0.4 is 5.32 Å². The van der Waals surface area contributed by atoms with Crippen LogP contribution in [0.2, 0.25) is 5.02 Å². The van der Waals surface area contributed by atoms with Gasteiger partial charge in [0.15, 0.2) is 0 Å². The Kier molecular flexibility index (Phi) is 3.92. The Morgan fingerprint density at radius 3 is 2.92 bits per heavy atom. The Hall–Kier alpha value is -0.870. The molecular weight excluding hydrogens is 190 g/mol. The van der Waals surface area contributed by atoms with Crippen LogP contribution in [0.25, 0.3) is 0 Å². The van der Waals surface area contributed by atoms with Gasteiger partial charge in [-0.2, -0.15) is 0 Å². The van der Waals surface area contributed by atoms with Crippen LogP contribution in [0.3, 0.4) is 0 Å². The van der Waals surface area contributed by atoms with Crippen molar-refractivity contribution in [1.82, 2.24) is 9.97 Å². The summed E-state index contributed by atoms with van der Waals surface area (Å²) >= 11 is 5.98. The molecule has 0 aliphatic carbocycles. The number of aromatic nitrogens is 2. The molecule has 0 aliphatic heterocycles. The van der Waals surface area contributed by atoms with Crippen molar-refractivity contribution in [3.8, 4) is 0 Å². The average Bonchev–Trinajstić information content (AvgIpc) is 2.16. The van der Waals surface area contributed by atoms with E-state index in [2.05, 4.69) is 15.3 Å². The van der Waals surface area contributed by atoms with Gasteiger partial charge >= 0.3 is 0 Å². The summed E-state index contributed by atoms with van der Waals surface area (Å²) in [5, 5.41) is 12.0. The van der Waals surface area contributed by atoms with Gasteiger partial charge in [-0.25, -0.2) is 9.97 Å². The lowest BCUT2D eigenvalue weighted by molar-refractivity contribution is 0.311. The monoisotopic (exact) mass is 201 g/mol. The summed E-state index contributed by atoms with van der Waals surface area (Å²) in [6.07, 6.45) is 2.24. The zero-order valence-corrected chi connectivity index (χ0v) is 8.17. The third-order valence-electron chi connectivity index (χ3n) is 1.60. The van der Waals surface area contributed by atoms with Crippen LogP contribution in [0, 0.1) is 0 Å². The van der Waals surface area contributed by atoms with E-state index in [4.69, 9.17) is 16.7 Å². The van der Waals surface area contributed by atoms with Crippen LogP contribution in [0.5, 0.6) is 0 Å². The van der Waals surface area contributed by atoms with Crippen LogP contribution in [-0.2, 0) is 6.42 Å². The standard InChI is InChI=1S/C8H12ClN3O/c1-2-6-7(9)8(10-3-4-13)12-5-11-6/h5,13H,2-4H2,1H3,(H,10,11,12). The highest BCUT2D eigenvalue weighted by molar-refractivity contribution is 6.33. The number of rotatable bonds is 4. The molecule has 1 heterocycles. The van der Waals surface area contributed by atoms with Crippen molar-refractivity contribution in [2.75, 3.05) is 18.5 Å². The van der Waals surface area contributed by atoms with Crippen molar-refractivity contribution in [2.45, 2.75) is 13.3 Å². The Bertz CT molecular complexity index is 280. The number of halogens is 1. The van der Waals surface area contributed by atoms with Crippen LogP contribution in [0.15, 0.2) is 6.33 Å². The maximum absolute atomic E-state index is 8.60.